The highest BCUT2D eigenvalue weighted by Crippen LogP contribution is 2.42. The maximum Gasteiger partial charge on any atom is 0.251 e. The third-order valence-electron chi connectivity index (χ3n) is 4.33. The first-order valence-electron chi connectivity index (χ1n) is 6.99. The van der Waals surface area contributed by atoms with Gasteiger partial charge in [-0.3, -0.25) is 9.59 Å². The number of hydrogen-bond donors (Lipinski definition) is 2. The van der Waals surface area contributed by atoms with Gasteiger partial charge in [-0.25, -0.2) is 0 Å². The van der Waals surface area contributed by atoms with Crippen molar-refractivity contribution in [3.8, 4) is 6.07 Å². The van der Waals surface area contributed by atoms with Crippen LogP contribution in [0.15, 0.2) is 12.1 Å². The van der Waals surface area contributed by atoms with E-state index in [1.54, 1.807) is 12.1 Å². The molecule has 1 atom stereocenters. The number of nitriles is 1. The summed E-state index contributed by atoms with van der Waals surface area (Å²) in [7, 11) is 0. The molecule has 1 saturated carbocycles. The van der Waals surface area contributed by atoms with Gasteiger partial charge in [-0.15, -0.1) is 0 Å². The molecule has 1 heterocycles. The van der Waals surface area contributed by atoms with Crippen LogP contribution in [0.4, 0.5) is 5.69 Å². The van der Waals surface area contributed by atoms with Gasteiger partial charge >= 0.3 is 0 Å². The van der Waals surface area contributed by atoms with Crippen LogP contribution in [0, 0.1) is 16.7 Å². The van der Waals surface area contributed by atoms with Crippen LogP contribution < -0.4 is 10.6 Å². The second kappa shape index (κ2) is 5.45. The zero-order valence-electron chi connectivity index (χ0n) is 11.6. The maximum atomic E-state index is 12.5. The molecule has 0 radical (unpaired) electrons. The summed E-state index contributed by atoms with van der Waals surface area (Å²) in [6.07, 6.45) is 2.74. The zero-order valence-corrected chi connectivity index (χ0v) is 13.1. The minimum atomic E-state index is -1.03. The number of nitrogens with zero attached hydrogens (tertiary/aromatic N) is 1. The fraction of sp³-hybridized carbons (Fsp3) is 0.400. The molecule has 2 amide bonds. The van der Waals surface area contributed by atoms with E-state index in [4.69, 9.17) is 23.2 Å². The van der Waals surface area contributed by atoms with Gasteiger partial charge in [-0.2, -0.15) is 5.26 Å². The highest BCUT2D eigenvalue weighted by atomic mass is 35.5. The summed E-state index contributed by atoms with van der Waals surface area (Å²) in [5.41, 5.74) is -0.0417. The topological polar surface area (TPSA) is 82.0 Å². The summed E-state index contributed by atoms with van der Waals surface area (Å²) in [5.74, 6) is -0.773. The third kappa shape index (κ3) is 2.23. The van der Waals surface area contributed by atoms with E-state index in [-0.39, 0.29) is 10.9 Å². The Morgan fingerprint density at radius 3 is 2.68 bits per heavy atom. The van der Waals surface area contributed by atoms with Crippen LogP contribution in [0.5, 0.6) is 0 Å². The van der Waals surface area contributed by atoms with Crippen molar-refractivity contribution in [1.82, 2.24) is 5.32 Å². The van der Waals surface area contributed by atoms with Gasteiger partial charge in [-0.1, -0.05) is 42.1 Å². The molecule has 0 bridgehead atoms. The van der Waals surface area contributed by atoms with Crippen LogP contribution in [0.3, 0.4) is 0 Å². The van der Waals surface area contributed by atoms with Gasteiger partial charge in [0.15, 0.2) is 0 Å². The van der Waals surface area contributed by atoms with E-state index in [0.717, 1.165) is 12.8 Å². The number of rotatable bonds is 2. The van der Waals surface area contributed by atoms with Crippen molar-refractivity contribution >= 4 is 40.7 Å². The van der Waals surface area contributed by atoms with Gasteiger partial charge < -0.3 is 10.6 Å². The first-order valence-corrected chi connectivity index (χ1v) is 7.75. The van der Waals surface area contributed by atoms with Gasteiger partial charge in [0.25, 0.3) is 5.91 Å². The molecule has 0 unspecified atom stereocenters. The summed E-state index contributed by atoms with van der Waals surface area (Å²) in [4.78, 5) is 24.6. The smallest absolute Gasteiger partial charge is 0.251 e. The maximum absolute atomic E-state index is 12.5. The number of fused-ring (bicyclic) bond motifs is 1. The van der Waals surface area contributed by atoms with Crippen molar-refractivity contribution in [1.29, 1.82) is 5.26 Å². The van der Waals surface area contributed by atoms with Gasteiger partial charge in [0, 0.05) is 5.56 Å². The molecule has 114 valence electrons. The molecule has 0 saturated heterocycles. The van der Waals surface area contributed by atoms with E-state index >= 15 is 0 Å². The lowest BCUT2D eigenvalue weighted by Gasteiger charge is -2.21. The lowest BCUT2D eigenvalue weighted by molar-refractivity contribution is -0.131. The second-order valence-corrected chi connectivity index (χ2v) is 6.41. The highest BCUT2D eigenvalue weighted by molar-refractivity contribution is 6.44. The Labute approximate surface area is 137 Å². The second-order valence-electron chi connectivity index (χ2n) is 5.62. The summed E-state index contributed by atoms with van der Waals surface area (Å²) < 4.78 is 0. The molecule has 1 aliphatic carbocycles. The van der Waals surface area contributed by atoms with E-state index in [2.05, 4.69) is 16.7 Å². The quantitative estimate of drug-likeness (QED) is 0.869. The van der Waals surface area contributed by atoms with E-state index in [0.29, 0.717) is 29.1 Å². The number of halogens is 2. The number of amides is 2. The number of benzene rings is 1. The highest BCUT2D eigenvalue weighted by Gasteiger charge is 2.44. The average molecular weight is 338 g/mol. The minimum Gasteiger partial charge on any atom is -0.339 e. The predicted molar refractivity (Wildman–Crippen MR) is 82.5 cm³/mol. The molecule has 1 aromatic carbocycles. The Balaban J connectivity index is 1.89. The number of carbonyl (C=O) groups is 2. The van der Waals surface area contributed by atoms with Crippen molar-refractivity contribution in [2.75, 3.05) is 5.32 Å². The lowest BCUT2D eigenvalue weighted by atomic mass is 9.86. The molecule has 1 fully saturated rings. The Morgan fingerprint density at radius 1 is 1.36 bits per heavy atom. The van der Waals surface area contributed by atoms with Gasteiger partial charge in [0.1, 0.15) is 11.5 Å². The van der Waals surface area contributed by atoms with Gasteiger partial charge in [0.05, 0.1) is 21.8 Å². The number of anilines is 1. The minimum absolute atomic E-state index is 0.250. The summed E-state index contributed by atoms with van der Waals surface area (Å²) in [5, 5.41) is 15.3. The first kappa shape index (κ1) is 15.1. The fourth-order valence-corrected chi connectivity index (χ4v) is 3.43. The van der Waals surface area contributed by atoms with Gasteiger partial charge in [-0.05, 0) is 18.9 Å². The van der Waals surface area contributed by atoms with Crippen molar-refractivity contribution in [3.63, 3.8) is 0 Å². The normalized spacial score (nSPS) is 21.9. The molecule has 7 heteroatoms. The Hall–Kier alpha value is -1.77. The van der Waals surface area contributed by atoms with E-state index in [1.165, 1.54) is 0 Å². The molecule has 3 rings (SSSR count). The number of nitrogens with one attached hydrogen (secondary N) is 2. The third-order valence-corrected chi connectivity index (χ3v) is 5.13. The molecule has 0 aromatic heterocycles. The van der Waals surface area contributed by atoms with E-state index in [1.807, 2.05) is 0 Å². The number of hydrogen-bond acceptors (Lipinski definition) is 3. The Kier molecular flexibility index (Phi) is 3.75. The SMILES string of the molecule is N#CC1(C(=O)N[C@@H]2C(=O)Nc3c2ccc(Cl)c3Cl)CCCC1. The monoisotopic (exact) mass is 337 g/mol. The van der Waals surface area contributed by atoms with Crippen LogP contribution in [-0.2, 0) is 9.59 Å². The Morgan fingerprint density at radius 2 is 2.05 bits per heavy atom. The summed E-state index contributed by atoms with van der Waals surface area (Å²) >= 11 is 12.0. The fourth-order valence-electron chi connectivity index (χ4n) is 3.05. The van der Waals surface area contributed by atoms with E-state index in [9.17, 15) is 14.9 Å². The molecular formula is C15H13Cl2N3O2. The van der Waals surface area contributed by atoms with E-state index < -0.39 is 17.4 Å². The van der Waals surface area contributed by atoms with Crippen LogP contribution >= 0.6 is 23.2 Å². The van der Waals surface area contributed by atoms with Gasteiger partial charge in [0.2, 0.25) is 5.91 Å². The predicted octanol–water partition coefficient (Wildman–Crippen LogP) is 3.19. The molecule has 2 aliphatic rings. The molecule has 0 spiro atoms. The molecular weight excluding hydrogens is 325 g/mol. The molecule has 5 nitrogen and oxygen atoms in total. The first-order chi connectivity index (χ1) is 10.5. The molecule has 22 heavy (non-hydrogen) atoms. The van der Waals surface area contributed by atoms with Crippen LogP contribution in [-0.4, -0.2) is 11.8 Å². The van der Waals surface area contributed by atoms with Crippen LogP contribution in [0.25, 0.3) is 0 Å². The molecule has 1 aliphatic heterocycles. The number of carbonyl (C=O) groups excluding carboxylic acids is 2. The van der Waals surface area contributed by atoms with Crippen LogP contribution in [0.2, 0.25) is 10.0 Å². The molecule has 2 N–H and O–H groups in total. The zero-order chi connectivity index (χ0) is 15.9. The lowest BCUT2D eigenvalue weighted by Crippen LogP contribution is -2.42. The van der Waals surface area contributed by atoms with Crippen molar-refractivity contribution in [2.45, 2.75) is 31.7 Å². The van der Waals surface area contributed by atoms with Crippen LogP contribution in [0.1, 0.15) is 37.3 Å². The largest absolute Gasteiger partial charge is 0.339 e. The average Bonchev–Trinajstić information content (AvgIpc) is 3.10. The standard InChI is InChI=1S/C15H13Cl2N3O2/c16-9-4-3-8-11(10(9)17)19-13(21)12(8)20-14(22)15(7-18)5-1-2-6-15/h3-4,12H,1-2,5-6H2,(H,19,21)(H,20,22)/t12-/m0/s1. The van der Waals surface area contributed by atoms with Crippen molar-refractivity contribution in [3.05, 3.63) is 27.7 Å². The van der Waals surface area contributed by atoms with Crippen molar-refractivity contribution in [2.24, 2.45) is 5.41 Å². The summed E-state index contributed by atoms with van der Waals surface area (Å²) in [6.45, 7) is 0. The molecule has 1 aromatic rings. The Bertz CT molecular complexity index is 705. The summed E-state index contributed by atoms with van der Waals surface area (Å²) in [6, 6.07) is 4.51. The van der Waals surface area contributed by atoms with Crippen molar-refractivity contribution < 1.29 is 9.59 Å².